The minimum Gasteiger partial charge on any atom is -0.481 e. The molecule has 0 fully saturated rings. The standard InChI is InChI=1S/C16H18N2O/c1-19-16-11-13(9-10-17-16)18-15-8-4-6-12-5-2-3-7-14(12)15/h2-3,5,7,9-11,15H,4,6,8H2,1H3,(H,17,18). The Kier molecular flexibility index (Phi) is 3.36. The van der Waals surface area contributed by atoms with E-state index < -0.39 is 0 Å². The molecule has 3 nitrogen and oxygen atoms in total. The summed E-state index contributed by atoms with van der Waals surface area (Å²) in [5.41, 5.74) is 3.95. The first kappa shape index (κ1) is 12.0. The molecule has 0 spiro atoms. The summed E-state index contributed by atoms with van der Waals surface area (Å²) in [5.74, 6) is 0.647. The van der Waals surface area contributed by atoms with Gasteiger partial charge in [-0.15, -0.1) is 0 Å². The van der Waals surface area contributed by atoms with E-state index in [0.717, 1.165) is 5.69 Å². The number of ether oxygens (including phenoxy) is 1. The van der Waals surface area contributed by atoms with E-state index in [2.05, 4.69) is 34.6 Å². The summed E-state index contributed by atoms with van der Waals surface area (Å²) < 4.78 is 5.16. The van der Waals surface area contributed by atoms with Crippen molar-refractivity contribution in [3.63, 3.8) is 0 Å². The summed E-state index contributed by atoms with van der Waals surface area (Å²) in [6, 6.07) is 13.0. The lowest BCUT2D eigenvalue weighted by atomic mass is 9.87. The van der Waals surface area contributed by atoms with E-state index in [4.69, 9.17) is 4.74 Å². The molecular weight excluding hydrogens is 236 g/mol. The molecule has 1 N–H and O–H groups in total. The van der Waals surface area contributed by atoms with Crippen LogP contribution in [0.25, 0.3) is 0 Å². The molecule has 1 aliphatic rings. The molecule has 1 aromatic carbocycles. The third kappa shape index (κ3) is 2.55. The summed E-state index contributed by atoms with van der Waals surface area (Å²) in [6.45, 7) is 0. The van der Waals surface area contributed by atoms with Gasteiger partial charge in [0.05, 0.1) is 13.2 Å². The SMILES string of the molecule is COc1cc(NC2CCCc3ccccc32)ccn1. The number of aromatic nitrogens is 1. The highest BCUT2D eigenvalue weighted by molar-refractivity contribution is 5.48. The number of benzene rings is 1. The van der Waals surface area contributed by atoms with Crippen LogP contribution in [0.2, 0.25) is 0 Å². The van der Waals surface area contributed by atoms with E-state index in [0.29, 0.717) is 11.9 Å². The Hall–Kier alpha value is -2.03. The van der Waals surface area contributed by atoms with Gasteiger partial charge >= 0.3 is 0 Å². The quantitative estimate of drug-likeness (QED) is 0.909. The average molecular weight is 254 g/mol. The molecule has 0 amide bonds. The molecule has 0 radical (unpaired) electrons. The first-order chi connectivity index (χ1) is 9.36. The van der Waals surface area contributed by atoms with Crippen molar-refractivity contribution in [1.29, 1.82) is 0 Å². The van der Waals surface area contributed by atoms with Crippen LogP contribution in [0.3, 0.4) is 0 Å². The second-order valence-electron chi connectivity index (χ2n) is 4.87. The lowest BCUT2D eigenvalue weighted by Gasteiger charge is -2.27. The van der Waals surface area contributed by atoms with Gasteiger partial charge in [0.25, 0.3) is 0 Å². The lowest BCUT2D eigenvalue weighted by Crippen LogP contribution is -2.17. The van der Waals surface area contributed by atoms with Gasteiger partial charge in [0.2, 0.25) is 5.88 Å². The zero-order valence-corrected chi connectivity index (χ0v) is 11.1. The van der Waals surface area contributed by atoms with Gasteiger partial charge < -0.3 is 10.1 Å². The van der Waals surface area contributed by atoms with Gasteiger partial charge in [0.15, 0.2) is 0 Å². The fourth-order valence-corrected chi connectivity index (χ4v) is 2.72. The molecule has 2 aromatic rings. The number of rotatable bonds is 3. The van der Waals surface area contributed by atoms with E-state index in [1.54, 1.807) is 13.3 Å². The van der Waals surface area contributed by atoms with Gasteiger partial charge in [0.1, 0.15) is 0 Å². The number of nitrogens with zero attached hydrogens (tertiary/aromatic N) is 1. The van der Waals surface area contributed by atoms with Gasteiger partial charge in [-0.3, -0.25) is 0 Å². The average Bonchev–Trinajstić information content (AvgIpc) is 2.48. The first-order valence-corrected chi connectivity index (χ1v) is 6.71. The van der Waals surface area contributed by atoms with E-state index >= 15 is 0 Å². The Morgan fingerprint density at radius 2 is 2.16 bits per heavy atom. The second-order valence-corrected chi connectivity index (χ2v) is 4.87. The Balaban J connectivity index is 1.84. The highest BCUT2D eigenvalue weighted by Crippen LogP contribution is 2.32. The minimum absolute atomic E-state index is 0.386. The predicted molar refractivity (Wildman–Crippen MR) is 76.5 cm³/mol. The van der Waals surface area contributed by atoms with Crippen molar-refractivity contribution in [2.45, 2.75) is 25.3 Å². The smallest absolute Gasteiger partial charge is 0.214 e. The molecular formula is C16H18N2O. The highest BCUT2D eigenvalue weighted by atomic mass is 16.5. The molecule has 0 saturated heterocycles. The number of nitrogens with one attached hydrogen (secondary N) is 1. The molecule has 1 aromatic heterocycles. The number of anilines is 1. The van der Waals surface area contributed by atoms with Crippen molar-refractivity contribution in [3.8, 4) is 5.88 Å². The fraction of sp³-hybridized carbons (Fsp3) is 0.312. The Morgan fingerprint density at radius 1 is 1.26 bits per heavy atom. The van der Waals surface area contributed by atoms with Crippen molar-refractivity contribution in [2.24, 2.45) is 0 Å². The van der Waals surface area contributed by atoms with Crippen LogP contribution in [0.15, 0.2) is 42.6 Å². The van der Waals surface area contributed by atoms with Gasteiger partial charge in [-0.05, 0) is 36.5 Å². The van der Waals surface area contributed by atoms with Crippen molar-refractivity contribution in [3.05, 3.63) is 53.7 Å². The molecule has 0 saturated carbocycles. The molecule has 3 heteroatoms. The largest absolute Gasteiger partial charge is 0.481 e. The molecule has 1 heterocycles. The number of hydrogen-bond acceptors (Lipinski definition) is 3. The molecule has 19 heavy (non-hydrogen) atoms. The molecule has 3 rings (SSSR count). The zero-order valence-electron chi connectivity index (χ0n) is 11.1. The molecule has 1 unspecified atom stereocenters. The maximum absolute atomic E-state index is 5.16. The van der Waals surface area contributed by atoms with Gasteiger partial charge in [-0.25, -0.2) is 4.98 Å². The van der Waals surface area contributed by atoms with E-state index in [1.807, 2.05) is 12.1 Å². The van der Waals surface area contributed by atoms with Crippen molar-refractivity contribution < 1.29 is 4.74 Å². The summed E-state index contributed by atoms with van der Waals surface area (Å²) >= 11 is 0. The Morgan fingerprint density at radius 3 is 3.05 bits per heavy atom. The van der Waals surface area contributed by atoms with E-state index in [9.17, 15) is 0 Å². The molecule has 0 aliphatic heterocycles. The topological polar surface area (TPSA) is 34.1 Å². The lowest BCUT2D eigenvalue weighted by molar-refractivity contribution is 0.398. The van der Waals surface area contributed by atoms with Crippen molar-refractivity contribution in [1.82, 2.24) is 4.98 Å². The van der Waals surface area contributed by atoms with Gasteiger partial charge in [0, 0.05) is 18.0 Å². The maximum atomic E-state index is 5.16. The molecule has 0 bridgehead atoms. The van der Waals surface area contributed by atoms with Crippen LogP contribution in [0.1, 0.15) is 30.0 Å². The second kappa shape index (κ2) is 5.31. The van der Waals surface area contributed by atoms with Crippen molar-refractivity contribution >= 4 is 5.69 Å². The summed E-state index contributed by atoms with van der Waals surface area (Å²) in [5, 5.41) is 3.59. The number of methoxy groups -OCH3 is 1. The highest BCUT2D eigenvalue weighted by Gasteiger charge is 2.19. The van der Waals surface area contributed by atoms with Gasteiger partial charge in [-0.1, -0.05) is 24.3 Å². The normalized spacial score (nSPS) is 17.6. The fourth-order valence-electron chi connectivity index (χ4n) is 2.72. The van der Waals surface area contributed by atoms with Crippen LogP contribution in [-0.4, -0.2) is 12.1 Å². The Labute approximate surface area is 113 Å². The van der Waals surface area contributed by atoms with Gasteiger partial charge in [-0.2, -0.15) is 0 Å². The number of aryl methyl sites for hydroxylation is 1. The minimum atomic E-state index is 0.386. The van der Waals surface area contributed by atoms with E-state index in [-0.39, 0.29) is 0 Å². The monoisotopic (exact) mass is 254 g/mol. The summed E-state index contributed by atoms with van der Waals surface area (Å²) in [4.78, 5) is 4.13. The van der Waals surface area contributed by atoms with Crippen LogP contribution >= 0.6 is 0 Å². The number of hydrogen-bond donors (Lipinski definition) is 1. The zero-order chi connectivity index (χ0) is 13.1. The van der Waals surface area contributed by atoms with Crippen LogP contribution in [-0.2, 0) is 6.42 Å². The van der Waals surface area contributed by atoms with Crippen molar-refractivity contribution in [2.75, 3.05) is 12.4 Å². The molecule has 1 aliphatic carbocycles. The van der Waals surface area contributed by atoms with Crippen LogP contribution in [0, 0.1) is 0 Å². The van der Waals surface area contributed by atoms with E-state index in [1.165, 1.54) is 30.4 Å². The van der Waals surface area contributed by atoms with Crippen LogP contribution in [0.4, 0.5) is 5.69 Å². The third-order valence-corrected chi connectivity index (χ3v) is 3.65. The predicted octanol–water partition coefficient (Wildman–Crippen LogP) is 3.58. The number of fused-ring (bicyclic) bond motifs is 1. The summed E-state index contributed by atoms with van der Waals surface area (Å²) in [7, 11) is 1.64. The molecule has 1 atom stereocenters. The first-order valence-electron chi connectivity index (χ1n) is 6.71. The van der Waals surface area contributed by atoms with Crippen LogP contribution < -0.4 is 10.1 Å². The Bertz CT molecular complexity index is 568. The maximum Gasteiger partial charge on any atom is 0.214 e. The third-order valence-electron chi connectivity index (χ3n) is 3.65. The van der Waals surface area contributed by atoms with Crippen LogP contribution in [0.5, 0.6) is 5.88 Å². The summed E-state index contributed by atoms with van der Waals surface area (Å²) in [6.07, 6.45) is 5.36. The molecule has 98 valence electrons. The number of pyridine rings is 1.